The Morgan fingerprint density at radius 1 is 1.61 bits per heavy atom. The third-order valence-corrected chi connectivity index (χ3v) is 4.35. The van der Waals surface area contributed by atoms with Gasteiger partial charge >= 0.3 is 0 Å². The zero-order valence-electron chi connectivity index (χ0n) is 10.3. The minimum absolute atomic E-state index is 0.00212. The minimum atomic E-state index is -0.00212. The molecule has 1 aliphatic rings. The van der Waals surface area contributed by atoms with Crippen molar-refractivity contribution in [2.45, 2.75) is 13.0 Å². The van der Waals surface area contributed by atoms with Crippen LogP contribution in [0.1, 0.15) is 17.3 Å². The van der Waals surface area contributed by atoms with Crippen LogP contribution < -0.4 is 5.32 Å². The Kier molecular flexibility index (Phi) is 5.17. The van der Waals surface area contributed by atoms with Gasteiger partial charge in [-0.2, -0.15) is 0 Å². The molecule has 4 nitrogen and oxygen atoms in total. The third-order valence-electron chi connectivity index (χ3n) is 2.84. The highest BCUT2D eigenvalue weighted by Gasteiger charge is 2.16. The smallest absolute Gasteiger partial charge is 0.252 e. The lowest BCUT2D eigenvalue weighted by atomic mass is 10.2. The van der Waals surface area contributed by atoms with Gasteiger partial charge in [0.25, 0.3) is 5.91 Å². The number of hydrogen-bond acceptors (Lipinski definition) is 4. The first-order chi connectivity index (χ1) is 8.65. The van der Waals surface area contributed by atoms with Crippen molar-refractivity contribution in [3.8, 4) is 0 Å². The normalized spacial score (nSPS) is 18.6. The van der Waals surface area contributed by atoms with Gasteiger partial charge in [-0.3, -0.25) is 9.69 Å². The number of thiophene rings is 1. The lowest BCUT2D eigenvalue weighted by molar-refractivity contribution is 0.0342. The summed E-state index contributed by atoms with van der Waals surface area (Å²) >= 11 is 4.89. The number of hydrogen-bond donors (Lipinski definition) is 1. The van der Waals surface area contributed by atoms with E-state index in [1.54, 1.807) is 0 Å². The molecule has 2 heterocycles. The van der Waals surface area contributed by atoms with E-state index in [0.717, 1.165) is 42.2 Å². The van der Waals surface area contributed by atoms with E-state index in [1.807, 2.05) is 18.4 Å². The Balaban J connectivity index is 1.79. The van der Waals surface area contributed by atoms with Gasteiger partial charge in [-0.05, 0) is 28.9 Å². The highest BCUT2D eigenvalue weighted by atomic mass is 79.9. The van der Waals surface area contributed by atoms with Crippen molar-refractivity contribution in [2.75, 3.05) is 32.8 Å². The van der Waals surface area contributed by atoms with Gasteiger partial charge in [0.05, 0.1) is 22.6 Å². The van der Waals surface area contributed by atoms with E-state index in [4.69, 9.17) is 4.74 Å². The Morgan fingerprint density at radius 2 is 2.33 bits per heavy atom. The summed E-state index contributed by atoms with van der Waals surface area (Å²) in [6.07, 6.45) is 0. The first kappa shape index (κ1) is 14.0. The number of morpholine rings is 1. The van der Waals surface area contributed by atoms with Crippen molar-refractivity contribution in [1.82, 2.24) is 10.2 Å². The summed E-state index contributed by atoms with van der Waals surface area (Å²) in [6, 6.07) is 2.00. The van der Waals surface area contributed by atoms with Crippen LogP contribution in [0.25, 0.3) is 0 Å². The lowest BCUT2D eigenvalue weighted by Crippen LogP contribution is -2.45. The molecule has 1 aromatic rings. The molecule has 0 aromatic carbocycles. The van der Waals surface area contributed by atoms with E-state index in [0.29, 0.717) is 0 Å². The highest BCUT2D eigenvalue weighted by molar-refractivity contribution is 9.11. The molecule has 1 aliphatic heterocycles. The summed E-state index contributed by atoms with van der Waals surface area (Å²) in [5.41, 5.74) is 0.723. The summed E-state index contributed by atoms with van der Waals surface area (Å²) in [4.78, 5) is 14.3. The molecule has 0 saturated carbocycles. The third kappa shape index (κ3) is 4.05. The molecule has 0 aliphatic carbocycles. The van der Waals surface area contributed by atoms with Gasteiger partial charge in [0, 0.05) is 31.1 Å². The van der Waals surface area contributed by atoms with Crippen molar-refractivity contribution >= 4 is 33.2 Å². The fourth-order valence-corrected chi connectivity index (χ4v) is 3.09. The van der Waals surface area contributed by atoms with E-state index in [1.165, 1.54) is 11.3 Å². The zero-order valence-corrected chi connectivity index (χ0v) is 12.7. The molecule has 6 heteroatoms. The average molecular weight is 333 g/mol. The maximum atomic E-state index is 11.9. The van der Waals surface area contributed by atoms with Crippen molar-refractivity contribution in [2.24, 2.45) is 0 Å². The molecule has 1 atom stereocenters. The molecule has 1 saturated heterocycles. The van der Waals surface area contributed by atoms with Crippen LogP contribution >= 0.6 is 27.3 Å². The number of amides is 1. The molecule has 1 aromatic heterocycles. The molecule has 0 radical (unpaired) electrons. The Bertz CT molecular complexity index is 405. The van der Waals surface area contributed by atoms with Crippen LogP contribution in [0, 0.1) is 0 Å². The van der Waals surface area contributed by atoms with Crippen molar-refractivity contribution in [1.29, 1.82) is 0 Å². The van der Waals surface area contributed by atoms with Gasteiger partial charge < -0.3 is 10.1 Å². The second-order valence-corrected chi connectivity index (χ2v) is 6.72. The van der Waals surface area contributed by atoms with Crippen LogP contribution in [0.5, 0.6) is 0 Å². The van der Waals surface area contributed by atoms with Gasteiger partial charge in [0.2, 0.25) is 0 Å². The SMILES string of the molecule is C[C@@H](CN1CCOCC1)NC(=O)c1csc(Br)c1. The predicted molar refractivity (Wildman–Crippen MR) is 76.2 cm³/mol. The van der Waals surface area contributed by atoms with Gasteiger partial charge in [0.15, 0.2) is 0 Å². The van der Waals surface area contributed by atoms with Gasteiger partial charge in [-0.1, -0.05) is 0 Å². The fraction of sp³-hybridized carbons (Fsp3) is 0.583. The maximum absolute atomic E-state index is 11.9. The van der Waals surface area contributed by atoms with Gasteiger partial charge in [0.1, 0.15) is 0 Å². The number of nitrogens with one attached hydrogen (secondary N) is 1. The van der Waals surface area contributed by atoms with Gasteiger partial charge in [-0.15, -0.1) is 11.3 Å². The largest absolute Gasteiger partial charge is 0.379 e. The maximum Gasteiger partial charge on any atom is 0.252 e. The van der Waals surface area contributed by atoms with Crippen molar-refractivity contribution in [3.05, 3.63) is 20.8 Å². The monoisotopic (exact) mass is 332 g/mol. The number of carbonyl (C=O) groups is 1. The summed E-state index contributed by atoms with van der Waals surface area (Å²) in [6.45, 7) is 6.39. The molecule has 1 fully saturated rings. The van der Waals surface area contributed by atoms with Crippen LogP contribution in [0.4, 0.5) is 0 Å². The molecule has 0 spiro atoms. The number of halogens is 1. The highest BCUT2D eigenvalue weighted by Crippen LogP contribution is 2.20. The summed E-state index contributed by atoms with van der Waals surface area (Å²) in [5.74, 6) is -0.00212. The van der Waals surface area contributed by atoms with Crippen LogP contribution in [-0.2, 0) is 4.74 Å². The summed E-state index contributed by atoms with van der Waals surface area (Å²) in [5, 5.41) is 4.88. The second-order valence-electron chi connectivity index (χ2n) is 4.43. The molecule has 18 heavy (non-hydrogen) atoms. The number of nitrogens with zero attached hydrogens (tertiary/aromatic N) is 1. The zero-order chi connectivity index (χ0) is 13.0. The summed E-state index contributed by atoms with van der Waals surface area (Å²) in [7, 11) is 0. The first-order valence-corrected chi connectivity index (χ1v) is 7.67. The quantitative estimate of drug-likeness (QED) is 0.916. The van der Waals surface area contributed by atoms with E-state index >= 15 is 0 Å². The van der Waals surface area contributed by atoms with Crippen LogP contribution in [0.15, 0.2) is 15.2 Å². The van der Waals surface area contributed by atoms with Crippen LogP contribution in [0.3, 0.4) is 0 Å². The minimum Gasteiger partial charge on any atom is -0.379 e. The van der Waals surface area contributed by atoms with Crippen LogP contribution in [0.2, 0.25) is 0 Å². The average Bonchev–Trinajstić information content (AvgIpc) is 2.77. The van der Waals surface area contributed by atoms with E-state index in [-0.39, 0.29) is 11.9 Å². The Morgan fingerprint density at radius 3 is 2.94 bits per heavy atom. The number of ether oxygens (including phenoxy) is 1. The lowest BCUT2D eigenvalue weighted by Gasteiger charge is -2.29. The molecule has 0 bridgehead atoms. The van der Waals surface area contributed by atoms with Crippen molar-refractivity contribution in [3.63, 3.8) is 0 Å². The number of carbonyl (C=O) groups excluding carboxylic acids is 1. The molecule has 0 unspecified atom stereocenters. The van der Waals surface area contributed by atoms with E-state index < -0.39 is 0 Å². The fourth-order valence-electron chi connectivity index (χ4n) is 1.95. The molecule has 2 rings (SSSR count). The molecule has 1 amide bonds. The van der Waals surface area contributed by atoms with E-state index in [2.05, 4.69) is 26.1 Å². The van der Waals surface area contributed by atoms with Gasteiger partial charge in [-0.25, -0.2) is 0 Å². The van der Waals surface area contributed by atoms with E-state index in [9.17, 15) is 4.79 Å². The molecular formula is C12H17BrN2O2S. The molecule has 100 valence electrons. The predicted octanol–water partition coefficient (Wildman–Crippen LogP) is 1.96. The summed E-state index contributed by atoms with van der Waals surface area (Å²) < 4.78 is 6.28. The standard InChI is InChI=1S/C12H17BrN2O2S/c1-9(7-15-2-4-17-5-3-15)14-12(16)10-6-11(13)18-8-10/h6,8-9H,2-5,7H2,1H3,(H,14,16)/t9-/m0/s1. The second kappa shape index (κ2) is 6.65. The van der Waals surface area contributed by atoms with Crippen molar-refractivity contribution < 1.29 is 9.53 Å². The Hall–Kier alpha value is -0.430. The van der Waals surface area contributed by atoms with Crippen LogP contribution in [-0.4, -0.2) is 49.7 Å². The Labute approximate surface area is 119 Å². The number of rotatable bonds is 4. The molecular weight excluding hydrogens is 316 g/mol. The first-order valence-electron chi connectivity index (χ1n) is 6.00. The molecule has 1 N–H and O–H groups in total. The topological polar surface area (TPSA) is 41.6 Å².